The van der Waals surface area contributed by atoms with Crippen LogP contribution in [0.15, 0.2) is 29.3 Å². The standard InChI is InChI=1S/C19H24N4O7S/c20-31(26,27)30-9-11-4-13(6-15(11)24)23-19-14(7-21-10-22-19)18(25)17-5-12(8-29-17)16-2-1-3-28-16/h5,7-8,10-11,13,15-16,24H,1-4,6,9H2,(H2,20,26,27)(H,21,22,23)/t11-,13-,15+,16+/m1/s1. The zero-order valence-electron chi connectivity index (χ0n) is 16.6. The molecule has 0 bridgehead atoms. The summed E-state index contributed by atoms with van der Waals surface area (Å²) in [7, 11) is -4.08. The molecule has 1 aliphatic carbocycles. The molecule has 1 saturated carbocycles. The number of rotatable bonds is 8. The van der Waals surface area contributed by atoms with Gasteiger partial charge in [0.25, 0.3) is 0 Å². The minimum Gasteiger partial charge on any atom is -0.460 e. The third kappa shape index (κ3) is 5.28. The molecule has 0 amide bonds. The van der Waals surface area contributed by atoms with Crippen LogP contribution in [0.3, 0.4) is 0 Å². The molecule has 3 heterocycles. The van der Waals surface area contributed by atoms with E-state index in [1.165, 1.54) is 18.8 Å². The molecule has 4 atom stereocenters. The van der Waals surface area contributed by atoms with Gasteiger partial charge >= 0.3 is 10.3 Å². The number of nitrogens with zero attached hydrogens (tertiary/aromatic N) is 2. The summed E-state index contributed by atoms with van der Waals surface area (Å²) >= 11 is 0. The molecular weight excluding hydrogens is 428 g/mol. The molecule has 4 N–H and O–H groups in total. The first-order valence-corrected chi connectivity index (χ1v) is 11.4. The molecule has 168 valence electrons. The summed E-state index contributed by atoms with van der Waals surface area (Å²) in [5.41, 5.74) is 1.05. The number of ether oxygens (including phenoxy) is 1. The van der Waals surface area contributed by atoms with Crippen LogP contribution in [0.2, 0.25) is 0 Å². The Balaban J connectivity index is 1.45. The van der Waals surface area contributed by atoms with Gasteiger partial charge < -0.3 is 19.6 Å². The molecule has 1 saturated heterocycles. The molecule has 4 rings (SSSR count). The zero-order chi connectivity index (χ0) is 22.0. The van der Waals surface area contributed by atoms with E-state index in [4.69, 9.17) is 14.3 Å². The third-order valence-corrected chi connectivity index (χ3v) is 6.01. The number of aromatic nitrogens is 2. The molecule has 2 aromatic rings. The summed E-state index contributed by atoms with van der Waals surface area (Å²) in [5, 5.41) is 18.2. The number of hydrogen-bond acceptors (Lipinski definition) is 10. The molecule has 31 heavy (non-hydrogen) atoms. The first kappa shape index (κ1) is 21.8. The highest BCUT2D eigenvalue weighted by Crippen LogP contribution is 2.32. The quantitative estimate of drug-likeness (QED) is 0.490. The van der Waals surface area contributed by atoms with Crippen molar-refractivity contribution in [3.05, 3.63) is 41.7 Å². The Morgan fingerprint density at radius 1 is 1.39 bits per heavy atom. The van der Waals surface area contributed by atoms with Crippen LogP contribution in [-0.4, -0.2) is 54.6 Å². The Morgan fingerprint density at radius 3 is 2.97 bits per heavy atom. The lowest BCUT2D eigenvalue weighted by Gasteiger charge is -2.15. The Hall–Kier alpha value is -2.38. The number of carbonyl (C=O) groups is 1. The van der Waals surface area contributed by atoms with E-state index in [1.54, 1.807) is 6.07 Å². The van der Waals surface area contributed by atoms with E-state index in [9.17, 15) is 18.3 Å². The van der Waals surface area contributed by atoms with Gasteiger partial charge in [-0.3, -0.25) is 8.98 Å². The number of hydrogen-bond donors (Lipinski definition) is 3. The Morgan fingerprint density at radius 2 is 2.23 bits per heavy atom. The van der Waals surface area contributed by atoms with Crippen LogP contribution in [0.25, 0.3) is 0 Å². The van der Waals surface area contributed by atoms with Crippen molar-refractivity contribution >= 4 is 21.9 Å². The highest BCUT2D eigenvalue weighted by molar-refractivity contribution is 7.84. The monoisotopic (exact) mass is 452 g/mol. The maximum Gasteiger partial charge on any atom is 0.333 e. The molecule has 2 fully saturated rings. The molecule has 0 aromatic carbocycles. The number of furan rings is 1. The number of ketones is 1. The fourth-order valence-corrected chi connectivity index (χ4v) is 4.36. The SMILES string of the molecule is NS(=O)(=O)OC[C@H]1C[C@@H](Nc2ncncc2C(=O)c2cc([C@@H]3CCCO3)co2)C[C@@H]1O. The molecule has 0 spiro atoms. The lowest BCUT2D eigenvalue weighted by atomic mass is 10.1. The summed E-state index contributed by atoms with van der Waals surface area (Å²) < 4.78 is 37.7. The van der Waals surface area contributed by atoms with Crippen LogP contribution < -0.4 is 10.5 Å². The van der Waals surface area contributed by atoms with Crippen molar-refractivity contribution in [2.75, 3.05) is 18.5 Å². The lowest BCUT2D eigenvalue weighted by Crippen LogP contribution is -2.24. The average Bonchev–Trinajstić information content (AvgIpc) is 3.47. The largest absolute Gasteiger partial charge is 0.460 e. The predicted octanol–water partition coefficient (Wildman–Crippen LogP) is 0.924. The first-order valence-electron chi connectivity index (χ1n) is 9.96. The molecule has 2 aliphatic rings. The van der Waals surface area contributed by atoms with Crippen molar-refractivity contribution < 1.29 is 31.7 Å². The van der Waals surface area contributed by atoms with Crippen molar-refractivity contribution in [3.63, 3.8) is 0 Å². The van der Waals surface area contributed by atoms with Crippen molar-refractivity contribution in [2.24, 2.45) is 11.1 Å². The third-order valence-electron chi connectivity index (χ3n) is 5.55. The van der Waals surface area contributed by atoms with Gasteiger partial charge in [0.15, 0.2) is 5.76 Å². The van der Waals surface area contributed by atoms with E-state index in [0.29, 0.717) is 25.3 Å². The van der Waals surface area contributed by atoms with Crippen LogP contribution in [0, 0.1) is 5.92 Å². The minimum absolute atomic E-state index is 0.0635. The maximum atomic E-state index is 13.0. The highest BCUT2D eigenvalue weighted by Gasteiger charge is 2.35. The number of carbonyl (C=O) groups excluding carboxylic acids is 1. The highest BCUT2D eigenvalue weighted by atomic mass is 32.2. The van der Waals surface area contributed by atoms with Crippen molar-refractivity contribution in [3.8, 4) is 0 Å². The van der Waals surface area contributed by atoms with Crippen LogP contribution in [0.5, 0.6) is 0 Å². The molecule has 0 unspecified atom stereocenters. The smallest absolute Gasteiger partial charge is 0.333 e. The zero-order valence-corrected chi connectivity index (χ0v) is 17.5. The van der Waals surface area contributed by atoms with Gasteiger partial charge in [0.2, 0.25) is 5.78 Å². The second-order valence-electron chi connectivity index (χ2n) is 7.78. The molecule has 0 radical (unpaired) electrons. The van der Waals surface area contributed by atoms with Crippen molar-refractivity contribution in [1.29, 1.82) is 0 Å². The number of anilines is 1. The van der Waals surface area contributed by atoms with Crippen LogP contribution in [0.4, 0.5) is 5.82 Å². The molecule has 1 aliphatic heterocycles. The second-order valence-corrected chi connectivity index (χ2v) is 9.00. The van der Waals surface area contributed by atoms with Gasteiger partial charge in [0.1, 0.15) is 12.1 Å². The summed E-state index contributed by atoms with van der Waals surface area (Å²) in [6.07, 6.45) is 6.00. The van der Waals surface area contributed by atoms with E-state index >= 15 is 0 Å². The topological polar surface area (TPSA) is 167 Å². The van der Waals surface area contributed by atoms with Gasteiger partial charge in [0, 0.05) is 30.3 Å². The van der Waals surface area contributed by atoms with Gasteiger partial charge in [0.05, 0.1) is 30.6 Å². The van der Waals surface area contributed by atoms with Crippen LogP contribution in [0.1, 0.15) is 53.5 Å². The van der Waals surface area contributed by atoms with Gasteiger partial charge in [-0.2, -0.15) is 8.42 Å². The summed E-state index contributed by atoms with van der Waals surface area (Å²) in [5.74, 6) is -0.328. The molecule has 11 nitrogen and oxygen atoms in total. The maximum absolute atomic E-state index is 13.0. The number of nitrogens with one attached hydrogen (secondary N) is 1. The van der Waals surface area contributed by atoms with Crippen LogP contribution >= 0.6 is 0 Å². The van der Waals surface area contributed by atoms with E-state index < -0.39 is 22.3 Å². The Kier molecular flexibility index (Phi) is 6.34. The number of aliphatic hydroxyl groups excluding tert-OH is 1. The average molecular weight is 452 g/mol. The van der Waals surface area contributed by atoms with Crippen LogP contribution in [-0.2, 0) is 19.2 Å². The second kappa shape index (κ2) is 9.01. The molecule has 12 heteroatoms. The van der Waals surface area contributed by atoms with Crippen molar-refractivity contribution in [2.45, 2.75) is 43.9 Å². The fraction of sp³-hybridized carbons (Fsp3) is 0.526. The Labute approximate surface area is 179 Å². The van der Waals surface area contributed by atoms with Gasteiger partial charge in [-0.1, -0.05) is 0 Å². The van der Waals surface area contributed by atoms with Gasteiger partial charge in [-0.25, -0.2) is 15.1 Å². The Bertz CT molecular complexity index is 1040. The normalized spacial score (nSPS) is 26.3. The summed E-state index contributed by atoms with van der Waals surface area (Å²) in [6, 6.07) is 1.43. The summed E-state index contributed by atoms with van der Waals surface area (Å²) in [4.78, 5) is 21.1. The van der Waals surface area contributed by atoms with Crippen molar-refractivity contribution in [1.82, 2.24) is 9.97 Å². The molecular formula is C19H24N4O7S. The predicted molar refractivity (Wildman–Crippen MR) is 107 cm³/mol. The van der Waals surface area contributed by atoms with E-state index in [2.05, 4.69) is 19.5 Å². The van der Waals surface area contributed by atoms with E-state index in [0.717, 1.165) is 18.4 Å². The summed E-state index contributed by atoms with van der Waals surface area (Å²) in [6.45, 7) is 0.475. The minimum atomic E-state index is -4.08. The van der Waals surface area contributed by atoms with E-state index in [-0.39, 0.29) is 35.9 Å². The fourth-order valence-electron chi connectivity index (χ4n) is 4.00. The first-order chi connectivity index (χ1) is 14.8. The molecule has 2 aromatic heterocycles. The van der Waals surface area contributed by atoms with Gasteiger partial charge in [-0.15, -0.1) is 0 Å². The number of nitrogens with two attached hydrogens (primary N) is 1. The number of aliphatic hydroxyl groups is 1. The van der Waals surface area contributed by atoms with E-state index in [1.807, 2.05) is 0 Å². The lowest BCUT2D eigenvalue weighted by molar-refractivity contribution is 0.100. The van der Waals surface area contributed by atoms with Gasteiger partial charge in [-0.05, 0) is 31.7 Å².